The monoisotopic (exact) mass is 617 g/mol. The second-order valence-corrected chi connectivity index (χ2v) is 12.2. The van der Waals surface area contributed by atoms with Crippen LogP contribution in [0.15, 0.2) is 18.2 Å². The Labute approximate surface area is 259 Å². The van der Waals surface area contributed by atoms with E-state index in [1.54, 1.807) is 4.90 Å². The van der Waals surface area contributed by atoms with Gasteiger partial charge in [0.2, 0.25) is 11.8 Å². The van der Waals surface area contributed by atoms with E-state index in [4.69, 9.17) is 18.9 Å². The number of carbonyl (C=O) groups excluding carboxylic acids is 4. The summed E-state index contributed by atoms with van der Waals surface area (Å²) in [5.74, 6) is -0.811. The fraction of sp³-hybridized carbons (Fsp3) is 0.677. The van der Waals surface area contributed by atoms with Gasteiger partial charge >= 0.3 is 6.09 Å². The largest absolute Gasteiger partial charge is 0.444 e. The minimum atomic E-state index is -0.594. The van der Waals surface area contributed by atoms with Crippen LogP contribution in [0.25, 0.3) is 0 Å². The van der Waals surface area contributed by atoms with Crippen LogP contribution < -0.4 is 15.5 Å². The molecule has 0 aromatic heterocycles. The number of benzene rings is 1. The Morgan fingerprint density at radius 1 is 0.955 bits per heavy atom. The van der Waals surface area contributed by atoms with Crippen molar-refractivity contribution in [2.75, 3.05) is 83.8 Å². The summed E-state index contributed by atoms with van der Waals surface area (Å²) in [4.78, 5) is 54.7. The van der Waals surface area contributed by atoms with Gasteiger partial charge in [0, 0.05) is 70.1 Å². The zero-order chi connectivity index (χ0) is 31.5. The molecule has 13 heteroatoms. The first-order valence-electron chi connectivity index (χ1n) is 15.6. The Balaban J connectivity index is 1.01. The summed E-state index contributed by atoms with van der Waals surface area (Å²) in [6.45, 7) is 14.0. The maximum atomic E-state index is 13.0. The van der Waals surface area contributed by atoms with Crippen LogP contribution in [0, 0.1) is 0 Å². The lowest BCUT2D eigenvalue weighted by Crippen LogP contribution is -2.52. The number of rotatable bonds is 15. The predicted octanol–water partition coefficient (Wildman–Crippen LogP) is 1.53. The Kier molecular flexibility index (Phi) is 12.4. The molecule has 0 aliphatic carbocycles. The molecule has 44 heavy (non-hydrogen) atoms. The average molecular weight is 618 g/mol. The Morgan fingerprint density at radius 2 is 1.64 bits per heavy atom. The molecular formula is C31H47N5O8. The molecule has 1 aromatic rings. The van der Waals surface area contributed by atoms with Crippen molar-refractivity contribution in [3.8, 4) is 0 Å². The fourth-order valence-corrected chi connectivity index (χ4v) is 5.46. The molecule has 3 aliphatic rings. The summed E-state index contributed by atoms with van der Waals surface area (Å²) in [6, 6.07) is 5.34. The quantitative estimate of drug-likeness (QED) is 0.220. The van der Waals surface area contributed by atoms with Crippen LogP contribution in [0.4, 0.5) is 10.5 Å². The summed E-state index contributed by atoms with van der Waals surface area (Å²) in [5.41, 5.74) is 2.15. The van der Waals surface area contributed by atoms with E-state index < -0.39 is 17.7 Å². The van der Waals surface area contributed by atoms with Crippen LogP contribution in [-0.2, 0) is 35.1 Å². The summed E-state index contributed by atoms with van der Waals surface area (Å²) in [5, 5.41) is 5.00. The molecule has 1 aromatic carbocycles. The number of hydrogen-bond acceptors (Lipinski definition) is 10. The van der Waals surface area contributed by atoms with E-state index in [1.807, 2.05) is 32.9 Å². The van der Waals surface area contributed by atoms with Crippen LogP contribution in [0.5, 0.6) is 0 Å². The van der Waals surface area contributed by atoms with Crippen molar-refractivity contribution in [2.45, 2.75) is 58.2 Å². The summed E-state index contributed by atoms with van der Waals surface area (Å²) >= 11 is 0. The van der Waals surface area contributed by atoms with Gasteiger partial charge in [0.25, 0.3) is 5.91 Å². The standard InChI is InChI=1S/C31H47N5O8/c1-31(2,3)44-30(40)32-9-16-42-18-20-43-19-17-41-15-4-10-34-11-13-35(14-12-34)24-5-6-25-23(21-24)22-36(29(25)39)26-7-8-27(37)33-28(26)38/h5-6,21,26H,4,7-20,22H2,1-3H3,(H,32,40)(H,33,37,38). The topological polar surface area (TPSA) is 139 Å². The molecule has 2 fully saturated rings. The molecule has 4 rings (SSSR count). The second-order valence-electron chi connectivity index (χ2n) is 12.2. The van der Waals surface area contributed by atoms with E-state index in [2.05, 4.69) is 26.5 Å². The van der Waals surface area contributed by atoms with Gasteiger partial charge in [0.05, 0.1) is 33.0 Å². The number of nitrogens with one attached hydrogen (secondary N) is 2. The minimum Gasteiger partial charge on any atom is -0.444 e. The number of piperazine rings is 1. The van der Waals surface area contributed by atoms with Crippen LogP contribution in [0.3, 0.4) is 0 Å². The molecule has 3 aliphatic heterocycles. The predicted molar refractivity (Wildman–Crippen MR) is 162 cm³/mol. The number of carbonyl (C=O) groups is 4. The Hall–Kier alpha value is -3.26. The molecule has 2 saturated heterocycles. The number of amides is 4. The highest BCUT2D eigenvalue weighted by molar-refractivity contribution is 6.05. The van der Waals surface area contributed by atoms with E-state index in [1.165, 1.54) is 0 Å². The third kappa shape index (κ3) is 10.1. The molecule has 1 atom stereocenters. The smallest absolute Gasteiger partial charge is 0.407 e. The number of alkyl carbamates (subject to hydrolysis) is 1. The zero-order valence-corrected chi connectivity index (χ0v) is 26.2. The molecule has 2 N–H and O–H groups in total. The van der Waals surface area contributed by atoms with Crippen LogP contribution in [-0.4, -0.2) is 124 Å². The first kappa shape index (κ1) is 33.6. The summed E-state index contributed by atoms with van der Waals surface area (Å²) in [7, 11) is 0. The molecule has 0 spiro atoms. The van der Waals surface area contributed by atoms with E-state index in [9.17, 15) is 19.2 Å². The number of nitrogens with zero attached hydrogens (tertiary/aromatic N) is 3. The van der Waals surface area contributed by atoms with Crippen LogP contribution in [0.1, 0.15) is 56.0 Å². The van der Waals surface area contributed by atoms with Gasteiger partial charge < -0.3 is 34.1 Å². The lowest BCUT2D eigenvalue weighted by molar-refractivity contribution is -0.136. The van der Waals surface area contributed by atoms with Crippen molar-refractivity contribution in [3.63, 3.8) is 0 Å². The minimum absolute atomic E-state index is 0.143. The van der Waals surface area contributed by atoms with Gasteiger partial charge in [-0.1, -0.05) is 0 Å². The van der Waals surface area contributed by atoms with Crippen molar-refractivity contribution in [2.24, 2.45) is 0 Å². The Bertz CT molecular complexity index is 1150. The number of anilines is 1. The summed E-state index contributed by atoms with van der Waals surface area (Å²) in [6.07, 6.45) is 1.12. The van der Waals surface area contributed by atoms with Gasteiger partial charge in [-0.3, -0.25) is 24.6 Å². The number of piperidine rings is 1. The highest BCUT2D eigenvalue weighted by Gasteiger charge is 2.39. The average Bonchev–Trinajstić information content (AvgIpc) is 3.30. The molecule has 1 unspecified atom stereocenters. The van der Waals surface area contributed by atoms with Crippen LogP contribution in [0.2, 0.25) is 0 Å². The molecule has 244 valence electrons. The first-order valence-corrected chi connectivity index (χ1v) is 15.6. The van der Waals surface area contributed by atoms with Crippen molar-refractivity contribution in [3.05, 3.63) is 29.3 Å². The van der Waals surface area contributed by atoms with Crippen molar-refractivity contribution in [1.82, 2.24) is 20.4 Å². The van der Waals surface area contributed by atoms with Gasteiger partial charge in [0.1, 0.15) is 11.6 Å². The van der Waals surface area contributed by atoms with Crippen molar-refractivity contribution in [1.29, 1.82) is 0 Å². The first-order chi connectivity index (χ1) is 21.1. The number of hydrogen-bond donors (Lipinski definition) is 2. The third-order valence-corrected chi connectivity index (χ3v) is 7.67. The van der Waals surface area contributed by atoms with Gasteiger partial charge in [-0.2, -0.15) is 0 Å². The van der Waals surface area contributed by atoms with E-state index in [0.29, 0.717) is 64.7 Å². The highest BCUT2D eigenvalue weighted by Crippen LogP contribution is 2.31. The van der Waals surface area contributed by atoms with Gasteiger partial charge in [-0.15, -0.1) is 0 Å². The lowest BCUT2D eigenvalue weighted by atomic mass is 10.0. The van der Waals surface area contributed by atoms with Gasteiger partial charge in [0.15, 0.2) is 0 Å². The maximum absolute atomic E-state index is 13.0. The molecular weight excluding hydrogens is 570 g/mol. The van der Waals surface area contributed by atoms with Gasteiger partial charge in [-0.05, 0) is 57.4 Å². The maximum Gasteiger partial charge on any atom is 0.407 e. The van der Waals surface area contributed by atoms with E-state index in [-0.39, 0.29) is 24.1 Å². The lowest BCUT2D eigenvalue weighted by Gasteiger charge is -2.36. The Morgan fingerprint density at radius 3 is 2.32 bits per heavy atom. The SMILES string of the molecule is CC(C)(C)OC(=O)NCCOCCOCCOCCCN1CCN(c2ccc3c(c2)CN(C2CCC(=O)NC2=O)C3=O)CC1. The fourth-order valence-electron chi connectivity index (χ4n) is 5.46. The van der Waals surface area contributed by atoms with Crippen LogP contribution >= 0.6 is 0 Å². The number of ether oxygens (including phenoxy) is 4. The second kappa shape index (κ2) is 16.2. The summed E-state index contributed by atoms with van der Waals surface area (Å²) < 4.78 is 21.8. The molecule has 0 radical (unpaired) electrons. The van der Waals surface area contributed by atoms with Crippen molar-refractivity contribution < 1.29 is 38.1 Å². The molecule has 3 heterocycles. The molecule has 13 nitrogen and oxygen atoms in total. The van der Waals surface area contributed by atoms with Gasteiger partial charge in [-0.25, -0.2) is 4.79 Å². The molecule has 0 bridgehead atoms. The third-order valence-electron chi connectivity index (χ3n) is 7.67. The highest BCUT2D eigenvalue weighted by atomic mass is 16.6. The zero-order valence-electron chi connectivity index (χ0n) is 26.2. The van der Waals surface area contributed by atoms with E-state index >= 15 is 0 Å². The molecule has 0 saturated carbocycles. The normalized spacial score (nSPS) is 19.2. The number of fused-ring (bicyclic) bond motifs is 1. The molecule has 4 amide bonds. The number of imide groups is 1. The van der Waals surface area contributed by atoms with Crippen molar-refractivity contribution >= 4 is 29.5 Å². The van der Waals surface area contributed by atoms with E-state index in [0.717, 1.165) is 50.4 Å².